The lowest BCUT2D eigenvalue weighted by Crippen LogP contribution is -1.87. The highest BCUT2D eigenvalue weighted by Gasteiger charge is 1.99. The molecule has 1 aromatic rings. The van der Waals surface area contributed by atoms with Crippen LogP contribution in [0.1, 0.15) is 5.56 Å². The number of methoxy groups -OCH3 is 1. The van der Waals surface area contributed by atoms with E-state index in [9.17, 15) is 4.39 Å². The average molecular weight is 199 g/mol. The summed E-state index contributed by atoms with van der Waals surface area (Å²) in [5.74, 6) is 5.47. The van der Waals surface area contributed by atoms with E-state index >= 15 is 0 Å². The van der Waals surface area contributed by atoms with Crippen molar-refractivity contribution in [3.63, 3.8) is 0 Å². The monoisotopic (exact) mass is 198 g/mol. The van der Waals surface area contributed by atoms with Gasteiger partial charge in [-0.2, -0.15) is 0 Å². The molecule has 0 fully saturated rings. The van der Waals surface area contributed by atoms with Gasteiger partial charge in [0, 0.05) is 6.07 Å². The minimum Gasteiger partial charge on any atom is -0.497 e. The molecule has 0 aliphatic heterocycles. The predicted molar refractivity (Wildman–Crippen MR) is 50.6 cm³/mol. The number of ether oxygens (including phenoxy) is 1. The first-order valence-corrected chi connectivity index (χ1v) is 4.19. The Morgan fingerprint density at radius 2 is 2.31 bits per heavy atom. The van der Waals surface area contributed by atoms with Gasteiger partial charge in [-0.05, 0) is 12.1 Å². The summed E-state index contributed by atoms with van der Waals surface area (Å²) in [6.45, 7) is 0. The maximum atomic E-state index is 13.1. The Hall–Kier alpha value is -1.20. The first-order valence-electron chi connectivity index (χ1n) is 3.66. The second kappa shape index (κ2) is 4.74. The molecule has 0 bridgehead atoms. The molecule has 1 nitrogen and oxygen atoms in total. The van der Waals surface area contributed by atoms with Gasteiger partial charge in [-0.15, -0.1) is 11.6 Å². The van der Waals surface area contributed by atoms with Gasteiger partial charge < -0.3 is 4.74 Å². The van der Waals surface area contributed by atoms with Gasteiger partial charge in [0.2, 0.25) is 0 Å². The zero-order valence-corrected chi connectivity index (χ0v) is 7.86. The van der Waals surface area contributed by atoms with Gasteiger partial charge >= 0.3 is 0 Å². The summed E-state index contributed by atoms with van der Waals surface area (Å²) in [5, 5.41) is 0. The Balaban J connectivity index is 2.98. The maximum absolute atomic E-state index is 13.1. The first kappa shape index (κ1) is 9.88. The van der Waals surface area contributed by atoms with E-state index in [-0.39, 0.29) is 5.88 Å². The molecule has 0 aliphatic rings. The van der Waals surface area contributed by atoms with Crippen LogP contribution in [0, 0.1) is 17.7 Å². The summed E-state index contributed by atoms with van der Waals surface area (Å²) >= 11 is 5.34. The van der Waals surface area contributed by atoms with Crippen molar-refractivity contribution >= 4 is 11.6 Å². The van der Waals surface area contributed by atoms with E-state index in [1.165, 1.54) is 13.2 Å². The lowest BCUT2D eigenvalue weighted by atomic mass is 10.2. The van der Waals surface area contributed by atoms with Crippen LogP contribution in [0.2, 0.25) is 0 Å². The van der Waals surface area contributed by atoms with Gasteiger partial charge in [-0.3, -0.25) is 0 Å². The molecule has 0 amide bonds. The standard InChI is InChI=1S/C10H8ClFO/c1-13-9-5-4-8(3-2-6-11)10(12)7-9/h4-5,7H,6H2,1H3. The zero-order chi connectivity index (χ0) is 9.68. The van der Waals surface area contributed by atoms with Crippen molar-refractivity contribution in [2.45, 2.75) is 0 Å². The predicted octanol–water partition coefficient (Wildman–Crippen LogP) is 2.42. The van der Waals surface area contributed by atoms with Gasteiger partial charge in [-0.1, -0.05) is 11.8 Å². The van der Waals surface area contributed by atoms with Crippen molar-refractivity contribution in [3.05, 3.63) is 29.6 Å². The molecule has 0 spiro atoms. The molecule has 0 radical (unpaired) electrons. The van der Waals surface area contributed by atoms with Crippen molar-refractivity contribution in [3.8, 4) is 17.6 Å². The fraction of sp³-hybridized carbons (Fsp3) is 0.200. The van der Waals surface area contributed by atoms with E-state index < -0.39 is 5.82 Å². The molecule has 1 aromatic carbocycles. The summed E-state index contributed by atoms with van der Waals surface area (Å²) in [7, 11) is 1.49. The lowest BCUT2D eigenvalue weighted by molar-refractivity contribution is 0.411. The van der Waals surface area contributed by atoms with Crippen LogP contribution in [0.15, 0.2) is 18.2 Å². The van der Waals surface area contributed by atoms with E-state index in [1.54, 1.807) is 12.1 Å². The second-order valence-corrected chi connectivity index (χ2v) is 2.55. The maximum Gasteiger partial charge on any atom is 0.142 e. The normalized spacial score (nSPS) is 8.85. The smallest absolute Gasteiger partial charge is 0.142 e. The molecule has 0 unspecified atom stereocenters. The van der Waals surface area contributed by atoms with Crippen molar-refractivity contribution in [1.82, 2.24) is 0 Å². The molecule has 1 rings (SSSR count). The Bertz CT molecular complexity index is 352. The zero-order valence-electron chi connectivity index (χ0n) is 7.10. The highest BCUT2D eigenvalue weighted by atomic mass is 35.5. The molecule has 68 valence electrons. The third kappa shape index (κ3) is 2.64. The molecule has 0 aliphatic carbocycles. The van der Waals surface area contributed by atoms with Crippen LogP contribution in [-0.2, 0) is 0 Å². The Morgan fingerprint density at radius 3 is 2.85 bits per heavy atom. The largest absolute Gasteiger partial charge is 0.497 e. The Kier molecular flexibility index (Phi) is 3.60. The summed E-state index contributed by atoms with van der Waals surface area (Å²) < 4.78 is 18.0. The highest BCUT2D eigenvalue weighted by Crippen LogP contribution is 2.15. The number of benzene rings is 1. The van der Waals surface area contributed by atoms with E-state index in [0.717, 1.165) is 0 Å². The molecular formula is C10H8ClFO. The van der Waals surface area contributed by atoms with Gasteiger partial charge in [0.25, 0.3) is 0 Å². The van der Waals surface area contributed by atoms with Crippen LogP contribution in [0.25, 0.3) is 0 Å². The molecular weight excluding hydrogens is 191 g/mol. The first-order chi connectivity index (χ1) is 6.27. The van der Waals surface area contributed by atoms with E-state index in [4.69, 9.17) is 16.3 Å². The number of rotatable bonds is 1. The Labute approximate surface area is 81.5 Å². The van der Waals surface area contributed by atoms with Crippen LogP contribution < -0.4 is 4.74 Å². The topological polar surface area (TPSA) is 9.23 Å². The molecule has 0 aromatic heterocycles. The minimum atomic E-state index is -0.392. The highest BCUT2D eigenvalue weighted by molar-refractivity contribution is 6.19. The van der Waals surface area contributed by atoms with Crippen LogP contribution >= 0.6 is 11.6 Å². The molecule has 0 saturated carbocycles. The van der Waals surface area contributed by atoms with Crippen molar-refractivity contribution in [1.29, 1.82) is 0 Å². The van der Waals surface area contributed by atoms with Gasteiger partial charge in [-0.25, -0.2) is 4.39 Å². The summed E-state index contributed by atoms with van der Waals surface area (Å²) in [6.07, 6.45) is 0. The number of hydrogen-bond donors (Lipinski definition) is 0. The van der Waals surface area contributed by atoms with E-state index in [1.807, 2.05) is 0 Å². The van der Waals surface area contributed by atoms with Crippen LogP contribution in [0.5, 0.6) is 5.75 Å². The SMILES string of the molecule is COc1ccc(C#CCCl)c(F)c1. The lowest BCUT2D eigenvalue weighted by Gasteiger charge is -1.99. The van der Waals surface area contributed by atoms with Crippen LogP contribution in [-0.4, -0.2) is 13.0 Å². The third-order valence-electron chi connectivity index (χ3n) is 1.47. The quantitative estimate of drug-likeness (QED) is 0.498. The van der Waals surface area contributed by atoms with Crippen molar-refractivity contribution in [2.24, 2.45) is 0 Å². The molecule has 13 heavy (non-hydrogen) atoms. The van der Waals surface area contributed by atoms with Crippen LogP contribution in [0.4, 0.5) is 4.39 Å². The van der Waals surface area contributed by atoms with Gasteiger partial charge in [0.1, 0.15) is 11.6 Å². The fourth-order valence-corrected chi connectivity index (χ4v) is 0.920. The molecule has 0 atom stereocenters. The summed E-state index contributed by atoms with van der Waals surface area (Å²) in [4.78, 5) is 0. The summed E-state index contributed by atoms with van der Waals surface area (Å²) in [6, 6.07) is 4.51. The third-order valence-corrected chi connectivity index (χ3v) is 1.60. The number of alkyl halides is 1. The van der Waals surface area contributed by atoms with E-state index in [2.05, 4.69) is 11.8 Å². The van der Waals surface area contributed by atoms with Crippen molar-refractivity contribution in [2.75, 3.05) is 13.0 Å². The Morgan fingerprint density at radius 1 is 1.54 bits per heavy atom. The summed E-state index contributed by atoms with van der Waals surface area (Å²) in [5.41, 5.74) is 0.335. The average Bonchev–Trinajstić information content (AvgIpc) is 2.16. The van der Waals surface area contributed by atoms with Crippen molar-refractivity contribution < 1.29 is 9.13 Å². The van der Waals surface area contributed by atoms with E-state index in [0.29, 0.717) is 11.3 Å². The van der Waals surface area contributed by atoms with Gasteiger partial charge in [0.15, 0.2) is 0 Å². The minimum absolute atomic E-state index is 0.200. The number of hydrogen-bond acceptors (Lipinski definition) is 1. The number of halogens is 2. The molecule has 3 heteroatoms. The molecule has 0 saturated heterocycles. The second-order valence-electron chi connectivity index (χ2n) is 2.28. The molecule has 0 N–H and O–H groups in total. The fourth-order valence-electron chi connectivity index (χ4n) is 0.853. The van der Waals surface area contributed by atoms with Gasteiger partial charge in [0.05, 0.1) is 18.6 Å². The van der Waals surface area contributed by atoms with Crippen LogP contribution in [0.3, 0.4) is 0 Å². The molecule has 0 heterocycles.